The molecule has 1 rings (SSSR count). The van der Waals surface area contributed by atoms with Gasteiger partial charge >= 0.3 is 6.18 Å². The Morgan fingerprint density at radius 1 is 1.32 bits per heavy atom. The minimum absolute atomic E-state index is 0.447. The van der Waals surface area contributed by atoms with Crippen LogP contribution in [0.15, 0.2) is 18.2 Å². The maximum absolute atomic E-state index is 13.1. The van der Waals surface area contributed by atoms with E-state index in [1.54, 1.807) is 4.72 Å². The van der Waals surface area contributed by atoms with Gasteiger partial charge in [0.25, 0.3) is 10.2 Å². The molecule has 0 amide bonds. The summed E-state index contributed by atoms with van der Waals surface area (Å²) in [4.78, 5) is 0. The molecule has 5 nitrogen and oxygen atoms in total. The Hall–Kier alpha value is -1.86. The molecule has 0 heterocycles. The second-order valence-corrected chi connectivity index (χ2v) is 4.82. The number of rotatable bonds is 4. The van der Waals surface area contributed by atoms with Crippen LogP contribution in [-0.2, 0) is 10.2 Å². The van der Waals surface area contributed by atoms with Crippen LogP contribution < -0.4 is 9.44 Å². The summed E-state index contributed by atoms with van der Waals surface area (Å²) in [6.45, 7) is -1.78. The lowest BCUT2D eigenvalue weighted by Gasteiger charge is -2.12. The molecule has 2 N–H and O–H groups in total. The van der Waals surface area contributed by atoms with Crippen LogP contribution in [0.2, 0.25) is 0 Å². The summed E-state index contributed by atoms with van der Waals surface area (Å²) >= 11 is 0. The minimum atomic E-state index is -4.73. The molecule has 0 unspecified atom stereocenters. The van der Waals surface area contributed by atoms with Crippen LogP contribution in [0, 0.1) is 17.1 Å². The number of nitrogens with one attached hydrogen (secondary N) is 2. The average Bonchev–Trinajstić information content (AvgIpc) is 2.26. The number of hydrogen-bond donors (Lipinski definition) is 2. The van der Waals surface area contributed by atoms with E-state index < -0.39 is 40.0 Å². The van der Waals surface area contributed by atoms with Gasteiger partial charge in [-0.05, 0) is 12.1 Å². The Kier molecular flexibility index (Phi) is 4.33. The third-order valence-electron chi connectivity index (χ3n) is 1.83. The second kappa shape index (κ2) is 5.41. The fourth-order valence-electron chi connectivity index (χ4n) is 1.08. The van der Waals surface area contributed by atoms with Crippen molar-refractivity contribution in [2.45, 2.75) is 6.18 Å². The van der Waals surface area contributed by atoms with Gasteiger partial charge in [0.15, 0.2) is 0 Å². The Labute approximate surface area is 106 Å². The van der Waals surface area contributed by atoms with Crippen LogP contribution in [0.4, 0.5) is 23.2 Å². The maximum atomic E-state index is 13.1. The topological polar surface area (TPSA) is 82.0 Å². The van der Waals surface area contributed by atoms with Gasteiger partial charge < -0.3 is 0 Å². The van der Waals surface area contributed by atoms with E-state index in [1.807, 2.05) is 0 Å². The highest BCUT2D eigenvalue weighted by atomic mass is 32.2. The van der Waals surface area contributed by atoms with Crippen LogP contribution in [0.1, 0.15) is 5.56 Å². The van der Waals surface area contributed by atoms with Crippen molar-refractivity contribution in [3.8, 4) is 6.07 Å². The number of nitriles is 1. The molecular formula is C9H7F4N3O2S. The average molecular weight is 297 g/mol. The van der Waals surface area contributed by atoms with Gasteiger partial charge in [-0.3, -0.25) is 4.72 Å². The molecule has 19 heavy (non-hydrogen) atoms. The first kappa shape index (κ1) is 15.2. The molecule has 0 saturated carbocycles. The lowest BCUT2D eigenvalue weighted by molar-refractivity contribution is -0.121. The molecule has 1 aromatic rings. The van der Waals surface area contributed by atoms with Crippen molar-refractivity contribution in [2.24, 2.45) is 0 Å². The standard InChI is InChI=1S/C9H7F4N3O2S/c10-7-2-1-3-8(6(7)4-14)16-19(17,18)15-5-9(11,12)13/h1-3,15-16H,5H2. The zero-order valence-corrected chi connectivity index (χ0v) is 9.94. The Balaban J connectivity index is 2.91. The second-order valence-electron chi connectivity index (χ2n) is 3.32. The maximum Gasteiger partial charge on any atom is 0.402 e. The van der Waals surface area contributed by atoms with Crippen LogP contribution in [-0.4, -0.2) is 21.1 Å². The molecule has 0 aromatic heterocycles. The SMILES string of the molecule is N#Cc1c(F)cccc1NS(=O)(=O)NCC(F)(F)F. The predicted molar refractivity (Wildman–Crippen MR) is 57.7 cm³/mol. The molecule has 0 spiro atoms. The lowest BCUT2D eigenvalue weighted by atomic mass is 10.2. The number of hydrogen-bond acceptors (Lipinski definition) is 3. The van der Waals surface area contributed by atoms with E-state index in [9.17, 15) is 26.0 Å². The highest BCUT2D eigenvalue weighted by Gasteiger charge is 2.29. The lowest BCUT2D eigenvalue weighted by Crippen LogP contribution is -2.37. The van der Waals surface area contributed by atoms with Gasteiger partial charge in [-0.15, -0.1) is 0 Å². The van der Waals surface area contributed by atoms with E-state index in [0.29, 0.717) is 0 Å². The molecule has 0 atom stereocenters. The predicted octanol–water partition coefficient (Wildman–Crippen LogP) is 1.51. The van der Waals surface area contributed by atoms with E-state index in [4.69, 9.17) is 5.26 Å². The molecule has 0 saturated heterocycles. The summed E-state index contributed by atoms with van der Waals surface area (Å²) in [5, 5.41) is 8.63. The molecule has 0 bridgehead atoms. The van der Waals surface area contributed by atoms with Crippen LogP contribution in [0.3, 0.4) is 0 Å². The van der Waals surface area contributed by atoms with Crippen molar-refractivity contribution >= 4 is 15.9 Å². The van der Waals surface area contributed by atoms with Gasteiger partial charge in [-0.25, -0.2) is 4.39 Å². The molecule has 0 aliphatic rings. The first-order valence-corrected chi connectivity index (χ1v) is 6.16. The summed E-state index contributed by atoms with van der Waals surface area (Å²) in [6.07, 6.45) is -4.73. The number of anilines is 1. The highest BCUT2D eigenvalue weighted by molar-refractivity contribution is 7.90. The van der Waals surface area contributed by atoms with Crippen molar-refractivity contribution in [3.63, 3.8) is 0 Å². The molecule has 0 fully saturated rings. The summed E-state index contributed by atoms with van der Waals surface area (Å²) < 4.78 is 74.2. The van der Waals surface area contributed by atoms with Gasteiger partial charge in [-0.1, -0.05) is 6.07 Å². The van der Waals surface area contributed by atoms with Gasteiger partial charge in [0.2, 0.25) is 0 Å². The van der Waals surface area contributed by atoms with E-state index >= 15 is 0 Å². The zero-order valence-electron chi connectivity index (χ0n) is 9.12. The van der Waals surface area contributed by atoms with Crippen molar-refractivity contribution < 1.29 is 26.0 Å². The van der Waals surface area contributed by atoms with Crippen molar-refractivity contribution in [1.29, 1.82) is 5.26 Å². The normalized spacial score (nSPS) is 11.9. The van der Waals surface area contributed by atoms with Crippen molar-refractivity contribution in [2.75, 3.05) is 11.3 Å². The highest BCUT2D eigenvalue weighted by Crippen LogP contribution is 2.19. The van der Waals surface area contributed by atoms with E-state index in [1.165, 1.54) is 10.8 Å². The van der Waals surface area contributed by atoms with E-state index in [-0.39, 0.29) is 0 Å². The fourth-order valence-corrected chi connectivity index (χ4v) is 1.97. The molecular weight excluding hydrogens is 290 g/mol. The number of alkyl halides is 3. The van der Waals surface area contributed by atoms with E-state index in [0.717, 1.165) is 18.2 Å². The molecule has 10 heteroatoms. The summed E-state index contributed by atoms with van der Waals surface area (Å²) in [5.74, 6) is -0.987. The summed E-state index contributed by atoms with van der Waals surface area (Å²) in [6, 6.07) is 4.48. The van der Waals surface area contributed by atoms with Gasteiger partial charge in [0.05, 0.1) is 5.69 Å². The van der Waals surface area contributed by atoms with Gasteiger partial charge in [0.1, 0.15) is 24.0 Å². The number of benzene rings is 1. The third kappa shape index (κ3) is 4.72. The van der Waals surface area contributed by atoms with Gasteiger partial charge in [-0.2, -0.15) is 31.6 Å². The monoisotopic (exact) mass is 297 g/mol. The molecule has 0 radical (unpaired) electrons. The summed E-state index contributed by atoms with van der Waals surface area (Å²) in [5.41, 5.74) is -1.06. The molecule has 0 aliphatic carbocycles. The van der Waals surface area contributed by atoms with Crippen molar-refractivity contribution in [3.05, 3.63) is 29.6 Å². The Morgan fingerprint density at radius 3 is 2.47 bits per heavy atom. The van der Waals surface area contributed by atoms with Crippen molar-refractivity contribution in [1.82, 2.24) is 4.72 Å². The van der Waals surface area contributed by atoms with Gasteiger partial charge in [0, 0.05) is 0 Å². The Bertz CT molecular complexity index is 607. The quantitative estimate of drug-likeness (QED) is 0.826. The van der Waals surface area contributed by atoms with Crippen LogP contribution >= 0.6 is 0 Å². The smallest absolute Gasteiger partial charge is 0.270 e. The van der Waals surface area contributed by atoms with Crippen LogP contribution in [0.25, 0.3) is 0 Å². The molecule has 0 aliphatic heterocycles. The molecule has 1 aromatic carbocycles. The fraction of sp³-hybridized carbons (Fsp3) is 0.222. The third-order valence-corrected chi connectivity index (χ3v) is 2.85. The number of nitrogens with zero attached hydrogens (tertiary/aromatic N) is 1. The van der Waals surface area contributed by atoms with E-state index in [2.05, 4.69) is 0 Å². The van der Waals surface area contributed by atoms with Crippen LogP contribution in [0.5, 0.6) is 0 Å². The zero-order chi connectivity index (χ0) is 14.7. The summed E-state index contributed by atoms with van der Waals surface area (Å²) in [7, 11) is -4.55. The Morgan fingerprint density at radius 2 is 1.95 bits per heavy atom. The number of halogens is 4. The minimum Gasteiger partial charge on any atom is -0.270 e. The molecule has 104 valence electrons. The first-order valence-electron chi connectivity index (χ1n) is 4.67. The first-order chi connectivity index (χ1) is 8.64. The largest absolute Gasteiger partial charge is 0.402 e.